The van der Waals surface area contributed by atoms with E-state index < -0.39 is 0 Å². The number of aromatic nitrogens is 1. The summed E-state index contributed by atoms with van der Waals surface area (Å²) in [5.41, 5.74) is 1.51. The normalized spacial score (nSPS) is 18.9. The molecule has 0 spiro atoms. The lowest BCUT2D eigenvalue weighted by molar-refractivity contribution is 0.0937. The Hall–Kier alpha value is -2.47. The average molecular weight is 329 g/mol. The van der Waals surface area contributed by atoms with Gasteiger partial charge in [0.15, 0.2) is 0 Å². The van der Waals surface area contributed by atoms with Gasteiger partial charge >= 0.3 is 0 Å². The molecule has 2 aromatic rings. The first kappa shape index (κ1) is 16.4. The van der Waals surface area contributed by atoms with E-state index in [0.717, 1.165) is 12.0 Å². The van der Waals surface area contributed by atoms with Crippen LogP contribution in [-0.4, -0.2) is 37.2 Å². The van der Waals surface area contributed by atoms with Gasteiger partial charge in [0.2, 0.25) is 0 Å². The maximum Gasteiger partial charge on any atom is 0.252 e. The summed E-state index contributed by atoms with van der Waals surface area (Å²) in [4.78, 5) is 16.1. The van der Waals surface area contributed by atoms with Crippen molar-refractivity contribution in [3.05, 3.63) is 59.5 Å². The van der Waals surface area contributed by atoms with Gasteiger partial charge in [0.1, 0.15) is 11.6 Å². The number of halogens is 1. The van der Waals surface area contributed by atoms with E-state index in [9.17, 15) is 9.18 Å². The molecule has 0 unspecified atom stereocenters. The number of nitrogens with one attached hydrogen (secondary N) is 2. The monoisotopic (exact) mass is 329 g/mol. The molecule has 0 saturated heterocycles. The Morgan fingerprint density at radius 1 is 1.38 bits per heavy atom. The summed E-state index contributed by atoms with van der Waals surface area (Å²) in [6, 6.07) is 10.5. The molecule has 1 heterocycles. The Morgan fingerprint density at radius 2 is 2.25 bits per heavy atom. The minimum atomic E-state index is -0.208. The van der Waals surface area contributed by atoms with Crippen molar-refractivity contribution in [2.45, 2.75) is 18.4 Å². The molecule has 1 aliphatic carbocycles. The van der Waals surface area contributed by atoms with Gasteiger partial charge in [-0.3, -0.25) is 4.79 Å². The summed E-state index contributed by atoms with van der Waals surface area (Å²) in [6.07, 6.45) is 2.49. The lowest BCUT2D eigenvalue weighted by atomic mass is 10.1. The van der Waals surface area contributed by atoms with E-state index in [2.05, 4.69) is 15.6 Å². The highest BCUT2D eigenvalue weighted by molar-refractivity contribution is 5.94. The molecule has 6 heteroatoms. The summed E-state index contributed by atoms with van der Waals surface area (Å²) < 4.78 is 18.2. The maximum absolute atomic E-state index is 13.3. The van der Waals surface area contributed by atoms with Crippen LogP contribution in [0.5, 0.6) is 0 Å². The summed E-state index contributed by atoms with van der Waals surface area (Å²) in [7, 11) is 1.59. The Morgan fingerprint density at radius 3 is 2.96 bits per heavy atom. The number of methoxy groups -OCH3 is 1. The molecule has 1 amide bonds. The molecular formula is C18H20FN3O2. The Bertz CT molecular complexity index is 706. The van der Waals surface area contributed by atoms with Gasteiger partial charge in [-0.1, -0.05) is 12.1 Å². The van der Waals surface area contributed by atoms with E-state index >= 15 is 0 Å². The highest BCUT2D eigenvalue weighted by Crippen LogP contribution is 2.42. The topological polar surface area (TPSA) is 63.2 Å². The number of hydrogen-bond donors (Lipinski definition) is 2. The second-order valence-electron chi connectivity index (χ2n) is 5.83. The summed E-state index contributed by atoms with van der Waals surface area (Å²) in [5, 5.41) is 6.06. The van der Waals surface area contributed by atoms with E-state index in [-0.39, 0.29) is 17.8 Å². The maximum atomic E-state index is 13.3. The highest BCUT2D eigenvalue weighted by Gasteiger charge is 2.38. The van der Waals surface area contributed by atoms with Gasteiger partial charge in [-0.25, -0.2) is 9.37 Å². The molecule has 24 heavy (non-hydrogen) atoms. The number of carbonyl (C=O) groups excluding carboxylic acids is 1. The second-order valence-corrected chi connectivity index (χ2v) is 5.83. The van der Waals surface area contributed by atoms with Crippen molar-refractivity contribution < 1.29 is 13.9 Å². The minimum Gasteiger partial charge on any atom is -0.383 e. The van der Waals surface area contributed by atoms with Crippen molar-refractivity contribution in [3.8, 4) is 0 Å². The van der Waals surface area contributed by atoms with Crippen molar-refractivity contribution in [1.82, 2.24) is 10.3 Å². The lowest BCUT2D eigenvalue weighted by Gasteiger charge is -2.07. The average Bonchev–Trinajstić information content (AvgIpc) is 3.35. The Kier molecular flexibility index (Phi) is 5.05. The van der Waals surface area contributed by atoms with Crippen LogP contribution < -0.4 is 10.6 Å². The number of nitrogens with zero attached hydrogens (tertiary/aromatic N) is 1. The molecule has 2 N–H and O–H groups in total. The SMILES string of the molecule is COCCNC(=O)c1ccc(N[C@@H]2C[C@H]2c2cccc(F)c2)nc1. The molecule has 2 atom stereocenters. The number of benzene rings is 1. The molecular weight excluding hydrogens is 309 g/mol. The van der Waals surface area contributed by atoms with Crippen molar-refractivity contribution in [2.75, 3.05) is 25.6 Å². The molecule has 1 aromatic heterocycles. The van der Waals surface area contributed by atoms with Crippen molar-refractivity contribution >= 4 is 11.7 Å². The molecule has 0 aliphatic heterocycles. The summed E-state index contributed by atoms with van der Waals surface area (Å²) >= 11 is 0. The molecule has 0 bridgehead atoms. The lowest BCUT2D eigenvalue weighted by Crippen LogP contribution is -2.27. The van der Waals surface area contributed by atoms with Gasteiger partial charge in [0.25, 0.3) is 5.91 Å². The van der Waals surface area contributed by atoms with Crippen molar-refractivity contribution in [2.24, 2.45) is 0 Å². The fourth-order valence-electron chi connectivity index (χ4n) is 2.63. The Balaban J connectivity index is 1.53. The number of pyridine rings is 1. The molecule has 3 rings (SSSR count). The van der Waals surface area contributed by atoms with Crippen molar-refractivity contribution in [3.63, 3.8) is 0 Å². The fraction of sp³-hybridized carbons (Fsp3) is 0.333. The second kappa shape index (κ2) is 7.40. The fourth-order valence-corrected chi connectivity index (χ4v) is 2.63. The quantitative estimate of drug-likeness (QED) is 0.767. The van der Waals surface area contributed by atoms with E-state index in [1.807, 2.05) is 6.07 Å². The smallest absolute Gasteiger partial charge is 0.252 e. The molecule has 1 fully saturated rings. The number of hydrogen-bond acceptors (Lipinski definition) is 4. The van der Waals surface area contributed by atoms with Gasteiger partial charge in [0.05, 0.1) is 12.2 Å². The van der Waals surface area contributed by atoms with E-state index in [1.165, 1.54) is 6.07 Å². The predicted octanol–water partition coefficient (Wildman–Crippen LogP) is 2.56. The van der Waals surface area contributed by atoms with Crippen LogP contribution in [0.3, 0.4) is 0 Å². The van der Waals surface area contributed by atoms with Gasteiger partial charge in [-0.2, -0.15) is 0 Å². The van der Waals surface area contributed by atoms with Gasteiger partial charge in [-0.15, -0.1) is 0 Å². The number of carbonyl (C=O) groups is 1. The van der Waals surface area contributed by atoms with Crippen LogP contribution in [-0.2, 0) is 4.74 Å². The van der Waals surface area contributed by atoms with Crippen LogP contribution in [0.1, 0.15) is 28.3 Å². The van der Waals surface area contributed by atoms with Crippen LogP contribution in [0.15, 0.2) is 42.6 Å². The Labute approximate surface area is 140 Å². The minimum absolute atomic E-state index is 0.171. The zero-order valence-corrected chi connectivity index (χ0v) is 13.5. The number of rotatable bonds is 7. The first-order valence-corrected chi connectivity index (χ1v) is 7.92. The van der Waals surface area contributed by atoms with Gasteiger partial charge in [-0.05, 0) is 36.2 Å². The molecule has 1 saturated carbocycles. The first-order valence-electron chi connectivity index (χ1n) is 7.92. The number of anilines is 1. The third kappa shape index (κ3) is 4.08. The van der Waals surface area contributed by atoms with Crippen LogP contribution >= 0.6 is 0 Å². The van der Waals surface area contributed by atoms with Crippen LogP contribution in [0, 0.1) is 5.82 Å². The number of ether oxygens (including phenoxy) is 1. The highest BCUT2D eigenvalue weighted by atomic mass is 19.1. The molecule has 0 radical (unpaired) electrons. The zero-order chi connectivity index (χ0) is 16.9. The molecule has 1 aliphatic rings. The molecule has 5 nitrogen and oxygen atoms in total. The van der Waals surface area contributed by atoms with Gasteiger partial charge < -0.3 is 15.4 Å². The standard InChI is InChI=1S/C18H20FN3O2/c1-24-8-7-20-18(23)13-5-6-17(21-11-13)22-16-10-15(16)12-3-2-4-14(19)9-12/h2-6,9,11,15-16H,7-8,10H2,1H3,(H,20,23)(H,21,22)/t15-,16+/m0/s1. The first-order chi connectivity index (χ1) is 11.7. The third-order valence-electron chi connectivity index (χ3n) is 4.02. The molecule has 126 valence electrons. The van der Waals surface area contributed by atoms with Gasteiger partial charge in [0, 0.05) is 31.8 Å². The van der Waals surface area contributed by atoms with E-state index in [4.69, 9.17) is 4.74 Å². The number of amides is 1. The van der Waals surface area contributed by atoms with Crippen LogP contribution in [0.2, 0.25) is 0 Å². The third-order valence-corrected chi connectivity index (χ3v) is 4.02. The van der Waals surface area contributed by atoms with Crippen molar-refractivity contribution in [1.29, 1.82) is 0 Å². The van der Waals surface area contributed by atoms with E-state index in [1.54, 1.807) is 37.6 Å². The van der Waals surface area contributed by atoms with Crippen LogP contribution in [0.25, 0.3) is 0 Å². The van der Waals surface area contributed by atoms with Crippen LogP contribution in [0.4, 0.5) is 10.2 Å². The summed E-state index contributed by atoms with van der Waals surface area (Å²) in [6.45, 7) is 0.939. The largest absolute Gasteiger partial charge is 0.383 e. The summed E-state index contributed by atoms with van der Waals surface area (Å²) in [5.74, 6) is 0.641. The molecule has 1 aromatic carbocycles. The predicted molar refractivity (Wildman–Crippen MR) is 89.6 cm³/mol. The zero-order valence-electron chi connectivity index (χ0n) is 13.5. The van der Waals surface area contributed by atoms with E-state index in [0.29, 0.717) is 30.5 Å².